The van der Waals surface area contributed by atoms with Crippen molar-refractivity contribution in [2.24, 2.45) is 0 Å². The summed E-state index contributed by atoms with van der Waals surface area (Å²) in [4.78, 5) is 22.5. The van der Waals surface area contributed by atoms with E-state index in [9.17, 15) is 14.3 Å². The Hall–Kier alpha value is -3.21. The van der Waals surface area contributed by atoms with Crippen LogP contribution in [0.4, 0.5) is 5.69 Å². The van der Waals surface area contributed by atoms with E-state index in [0.717, 1.165) is 10.8 Å². The second-order valence-electron chi connectivity index (χ2n) is 6.69. The largest absolute Gasteiger partial charge is 0.506 e. The van der Waals surface area contributed by atoms with E-state index in [-0.39, 0.29) is 12.1 Å². The van der Waals surface area contributed by atoms with Gasteiger partial charge in [-0.25, -0.2) is 0 Å². The van der Waals surface area contributed by atoms with E-state index >= 15 is 0 Å². The van der Waals surface area contributed by atoms with Crippen LogP contribution in [-0.2, 0) is 9.36 Å². The van der Waals surface area contributed by atoms with E-state index in [1.165, 1.54) is 6.26 Å². The van der Waals surface area contributed by atoms with Crippen molar-refractivity contribution in [3.63, 3.8) is 0 Å². The first-order valence-electron chi connectivity index (χ1n) is 9.03. The van der Waals surface area contributed by atoms with Crippen LogP contribution in [-0.4, -0.2) is 24.1 Å². The Bertz CT molecular complexity index is 1220. The maximum atomic E-state index is 13.0. The molecule has 29 heavy (non-hydrogen) atoms. The molecule has 0 aliphatic rings. The van der Waals surface area contributed by atoms with Crippen molar-refractivity contribution in [3.05, 3.63) is 72.5 Å². The van der Waals surface area contributed by atoms with Crippen LogP contribution in [0.3, 0.4) is 0 Å². The van der Waals surface area contributed by atoms with Gasteiger partial charge in [0.25, 0.3) is 0 Å². The Balaban J connectivity index is 1.67. The van der Waals surface area contributed by atoms with Crippen molar-refractivity contribution >= 4 is 41.4 Å². The highest BCUT2D eigenvalue weighted by Crippen LogP contribution is 2.35. The number of amides is 1. The molecule has 2 unspecified atom stereocenters. The van der Waals surface area contributed by atoms with Gasteiger partial charge in [0.2, 0.25) is 5.91 Å². The molecule has 1 heterocycles. The Morgan fingerprint density at radius 1 is 1.14 bits per heavy atom. The van der Waals surface area contributed by atoms with Gasteiger partial charge in [0.05, 0.1) is 13.4 Å². The summed E-state index contributed by atoms with van der Waals surface area (Å²) in [6.45, 7) is 0. The summed E-state index contributed by atoms with van der Waals surface area (Å²) in [5, 5.41) is 5.64. The number of nitrogens with one attached hydrogen (secondary N) is 1. The second-order valence-corrected chi connectivity index (χ2v) is 7.76. The van der Waals surface area contributed by atoms with Crippen LogP contribution in [0.2, 0.25) is 0 Å². The molecule has 0 aliphatic carbocycles. The van der Waals surface area contributed by atoms with Crippen LogP contribution in [0.15, 0.2) is 71.3 Å². The number of methoxy groups -OCH3 is 1. The van der Waals surface area contributed by atoms with Crippen LogP contribution in [0.1, 0.15) is 11.5 Å². The molecule has 2 atom stereocenters. The number of hydrogen-bond acceptors (Lipinski definition) is 4. The standard InChI is InChI=1S/C22H18NO5P/c1-27-17-8-9-18-19(12-28-21(18)11-17)20(13-29(25)26)22(24)23-16-7-6-14-4-2-3-5-15(14)10-16/h2-12,20H,13H2,1H3,(H-,23,24,25,26)/p+1. The molecule has 0 aliphatic heterocycles. The van der Waals surface area contributed by atoms with Crippen molar-refractivity contribution in [1.82, 2.24) is 0 Å². The van der Waals surface area contributed by atoms with Crippen molar-refractivity contribution in [3.8, 4) is 5.75 Å². The Morgan fingerprint density at radius 2 is 1.93 bits per heavy atom. The minimum atomic E-state index is -2.52. The van der Waals surface area contributed by atoms with Crippen LogP contribution in [0, 0.1) is 0 Å². The molecule has 2 N–H and O–H groups in total. The molecular weight excluding hydrogens is 389 g/mol. The zero-order chi connectivity index (χ0) is 20.4. The van der Waals surface area contributed by atoms with Gasteiger partial charge < -0.3 is 14.5 Å². The third-order valence-electron chi connectivity index (χ3n) is 4.86. The molecule has 146 valence electrons. The summed E-state index contributed by atoms with van der Waals surface area (Å²) in [6.07, 6.45) is 1.27. The van der Waals surface area contributed by atoms with Gasteiger partial charge in [-0.1, -0.05) is 30.3 Å². The molecule has 3 aromatic carbocycles. The predicted molar refractivity (Wildman–Crippen MR) is 113 cm³/mol. The summed E-state index contributed by atoms with van der Waals surface area (Å²) in [6, 6.07) is 18.7. The molecule has 0 saturated heterocycles. The predicted octanol–water partition coefficient (Wildman–Crippen LogP) is 5.05. The number of anilines is 1. The molecule has 0 saturated carbocycles. The summed E-state index contributed by atoms with van der Waals surface area (Å²) < 4.78 is 22.4. The van der Waals surface area contributed by atoms with Crippen molar-refractivity contribution in [1.29, 1.82) is 0 Å². The molecule has 7 heteroatoms. The molecule has 4 rings (SSSR count). The van der Waals surface area contributed by atoms with Gasteiger partial charge >= 0.3 is 8.03 Å². The van der Waals surface area contributed by atoms with E-state index in [0.29, 0.717) is 28.0 Å². The van der Waals surface area contributed by atoms with E-state index in [4.69, 9.17) is 9.15 Å². The molecule has 4 aromatic rings. The van der Waals surface area contributed by atoms with E-state index < -0.39 is 13.9 Å². The topological polar surface area (TPSA) is 88.8 Å². The quantitative estimate of drug-likeness (QED) is 0.436. The maximum absolute atomic E-state index is 13.0. The Labute approximate surface area is 168 Å². The van der Waals surface area contributed by atoms with E-state index in [1.807, 2.05) is 42.5 Å². The van der Waals surface area contributed by atoms with Crippen LogP contribution in [0.5, 0.6) is 5.75 Å². The van der Waals surface area contributed by atoms with Crippen molar-refractivity contribution < 1.29 is 23.4 Å². The monoisotopic (exact) mass is 408 g/mol. The normalized spacial score (nSPS) is 12.7. The molecular formula is C22H19NO5P+. The number of carbonyl (C=O) groups is 1. The fourth-order valence-corrected chi connectivity index (χ4v) is 4.08. The third-order valence-corrected chi connectivity index (χ3v) is 5.54. The van der Waals surface area contributed by atoms with Gasteiger partial charge in [-0.05, 0) is 39.6 Å². The number of rotatable bonds is 6. The highest BCUT2D eigenvalue weighted by Gasteiger charge is 2.32. The highest BCUT2D eigenvalue weighted by molar-refractivity contribution is 7.38. The number of fused-ring (bicyclic) bond motifs is 2. The highest BCUT2D eigenvalue weighted by atomic mass is 31.1. The van der Waals surface area contributed by atoms with Gasteiger partial charge in [0, 0.05) is 22.7 Å². The van der Waals surface area contributed by atoms with Gasteiger partial charge in [-0.15, -0.1) is 0 Å². The van der Waals surface area contributed by atoms with Crippen molar-refractivity contribution in [2.45, 2.75) is 5.92 Å². The molecule has 0 fully saturated rings. The maximum Gasteiger partial charge on any atom is 0.506 e. The lowest BCUT2D eigenvalue weighted by Gasteiger charge is -2.12. The number of carbonyl (C=O) groups excluding carboxylic acids is 1. The summed E-state index contributed by atoms with van der Waals surface area (Å²) in [5.41, 5.74) is 1.75. The number of hydrogen-bond donors (Lipinski definition) is 2. The van der Waals surface area contributed by atoms with Gasteiger partial charge in [-0.3, -0.25) is 4.79 Å². The zero-order valence-electron chi connectivity index (χ0n) is 15.7. The number of furan rings is 1. The molecule has 0 spiro atoms. The summed E-state index contributed by atoms with van der Waals surface area (Å²) >= 11 is 0. The van der Waals surface area contributed by atoms with Gasteiger partial charge in [-0.2, -0.15) is 4.89 Å². The summed E-state index contributed by atoms with van der Waals surface area (Å²) in [5.74, 6) is -0.565. The second kappa shape index (κ2) is 8.03. The lowest BCUT2D eigenvalue weighted by atomic mass is 9.99. The molecule has 0 bridgehead atoms. The molecule has 0 radical (unpaired) electrons. The number of benzene rings is 3. The Morgan fingerprint density at radius 3 is 2.69 bits per heavy atom. The molecule has 1 amide bonds. The smallest absolute Gasteiger partial charge is 0.497 e. The fraction of sp³-hybridized carbons (Fsp3) is 0.136. The Kier molecular flexibility index (Phi) is 5.30. The lowest BCUT2D eigenvalue weighted by Crippen LogP contribution is -2.22. The molecule has 6 nitrogen and oxygen atoms in total. The number of ether oxygens (including phenoxy) is 1. The minimum Gasteiger partial charge on any atom is -0.497 e. The lowest BCUT2D eigenvalue weighted by molar-refractivity contribution is -0.117. The average Bonchev–Trinajstić information content (AvgIpc) is 3.14. The van der Waals surface area contributed by atoms with E-state index in [2.05, 4.69) is 5.32 Å². The van der Waals surface area contributed by atoms with Gasteiger partial charge in [0.1, 0.15) is 17.3 Å². The fourth-order valence-electron chi connectivity index (χ4n) is 3.40. The SMILES string of the molecule is COc1ccc2c(C(C[P+](=O)O)C(=O)Nc3ccc4ccccc4c3)coc2c1. The first-order valence-corrected chi connectivity index (χ1v) is 10.4. The van der Waals surface area contributed by atoms with E-state index in [1.54, 1.807) is 25.3 Å². The summed E-state index contributed by atoms with van der Waals surface area (Å²) in [7, 11) is -0.965. The van der Waals surface area contributed by atoms with Gasteiger partial charge in [0.15, 0.2) is 6.16 Å². The third kappa shape index (κ3) is 3.99. The van der Waals surface area contributed by atoms with Crippen LogP contribution >= 0.6 is 8.03 Å². The zero-order valence-corrected chi connectivity index (χ0v) is 16.6. The van der Waals surface area contributed by atoms with Crippen LogP contribution < -0.4 is 10.1 Å². The first-order chi connectivity index (χ1) is 14.0. The molecule has 1 aromatic heterocycles. The first kappa shape index (κ1) is 19.1. The van der Waals surface area contributed by atoms with Crippen LogP contribution in [0.25, 0.3) is 21.7 Å². The average molecular weight is 408 g/mol. The minimum absolute atomic E-state index is 0.199. The van der Waals surface area contributed by atoms with Crippen molar-refractivity contribution in [2.75, 3.05) is 18.6 Å².